The summed E-state index contributed by atoms with van der Waals surface area (Å²) >= 11 is 0. The summed E-state index contributed by atoms with van der Waals surface area (Å²) in [4.78, 5) is 0. The molecule has 0 fully saturated rings. The highest BCUT2D eigenvalue weighted by Gasteiger charge is 1.98. The van der Waals surface area contributed by atoms with E-state index in [0.717, 1.165) is 17.9 Å². The normalized spacial score (nSPS) is 7.89. The van der Waals surface area contributed by atoms with E-state index in [2.05, 4.69) is 0 Å². The molecule has 0 aliphatic rings. The number of rotatable bonds is 0. The lowest BCUT2D eigenvalue weighted by atomic mass is 10.1. The van der Waals surface area contributed by atoms with Gasteiger partial charge < -0.3 is 16.6 Å². The molecular formula is C15H26N2O. The van der Waals surface area contributed by atoms with Crippen molar-refractivity contribution in [2.75, 3.05) is 18.6 Å². The second kappa shape index (κ2) is 11.7. The lowest BCUT2D eigenvalue weighted by Crippen LogP contribution is -1.94. The third-order valence-corrected chi connectivity index (χ3v) is 2.00. The van der Waals surface area contributed by atoms with Gasteiger partial charge in [-0.15, -0.1) is 0 Å². The average molecular weight is 250 g/mol. The molecule has 2 aromatic carbocycles. The second-order valence-corrected chi connectivity index (χ2v) is 2.79. The molecule has 5 N–H and O–H groups in total. The van der Waals surface area contributed by atoms with Crippen molar-refractivity contribution in [1.82, 2.24) is 0 Å². The molecule has 18 heavy (non-hydrogen) atoms. The van der Waals surface area contributed by atoms with E-state index in [0.29, 0.717) is 11.4 Å². The van der Waals surface area contributed by atoms with Crippen molar-refractivity contribution in [3.8, 4) is 0 Å². The fraction of sp³-hybridized carbons (Fsp3) is 0.333. The zero-order valence-corrected chi connectivity index (χ0v) is 12.1. The summed E-state index contributed by atoms with van der Waals surface area (Å²) in [6.07, 6.45) is 0. The van der Waals surface area contributed by atoms with Gasteiger partial charge in [-0.3, -0.25) is 0 Å². The SMILES string of the molecule is CC.CC.CO.Nc1ccc2ccccc2c1N. The van der Waals surface area contributed by atoms with E-state index in [1.807, 2.05) is 64.1 Å². The maximum atomic E-state index is 7.00. The van der Waals surface area contributed by atoms with Gasteiger partial charge >= 0.3 is 0 Å². The van der Waals surface area contributed by atoms with Crippen LogP contribution in [0, 0.1) is 0 Å². The summed E-state index contributed by atoms with van der Waals surface area (Å²) in [6, 6.07) is 11.7. The largest absolute Gasteiger partial charge is 0.400 e. The van der Waals surface area contributed by atoms with Crippen molar-refractivity contribution >= 4 is 22.1 Å². The Morgan fingerprint density at radius 1 is 0.778 bits per heavy atom. The first-order valence-electron chi connectivity index (χ1n) is 6.26. The van der Waals surface area contributed by atoms with Gasteiger partial charge in [-0.1, -0.05) is 58.0 Å². The molecular weight excluding hydrogens is 224 g/mol. The molecule has 0 unspecified atom stereocenters. The molecule has 3 heteroatoms. The Morgan fingerprint density at radius 2 is 1.28 bits per heavy atom. The van der Waals surface area contributed by atoms with Crippen LogP contribution in [-0.2, 0) is 0 Å². The van der Waals surface area contributed by atoms with Crippen molar-refractivity contribution in [2.24, 2.45) is 0 Å². The van der Waals surface area contributed by atoms with E-state index in [-0.39, 0.29) is 0 Å². The van der Waals surface area contributed by atoms with Gasteiger partial charge in [0.15, 0.2) is 0 Å². The standard InChI is InChI=1S/C10H10N2.2C2H6.CH4O/c11-9-6-5-7-3-1-2-4-8(7)10(9)12;3*1-2/h1-6H,11-12H2;2*1-2H3;2H,1H3. The molecule has 3 nitrogen and oxygen atoms in total. The van der Waals surface area contributed by atoms with Gasteiger partial charge in [0.25, 0.3) is 0 Å². The Morgan fingerprint density at radius 3 is 1.83 bits per heavy atom. The number of nitrogen functional groups attached to an aromatic ring is 2. The number of hydrogen-bond donors (Lipinski definition) is 3. The number of benzene rings is 2. The highest BCUT2D eigenvalue weighted by atomic mass is 16.2. The number of hydrogen-bond acceptors (Lipinski definition) is 3. The number of aliphatic hydroxyl groups excluding tert-OH is 1. The van der Waals surface area contributed by atoms with E-state index in [1.54, 1.807) is 0 Å². The van der Waals surface area contributed by atoms with Gasteiger partial charge in [0.05, 0.1) is 11.4 Å². The second-order valence-electron chi connectivity index (χ2n) is 2.79. The molecule has 0 amide bonds. The number of nitrogens with two attached hydrogens (primary N) is 2. The summed E-state index contributed by atoms with van der Waals surface area (Å²) < 4.78 is 0. The molecule has 0 heterocycles. The van der Waals surface area contributed by atoms with Crippen LogP contribution in [-0.4, -0.2) is 12.2 Å². The van der Waals surface area contributed by atoms with Crippen molar-refractivity contribution in [1.29, 1.82) is 0 Å². The van der Waals surface area contributed by atoms with Crippen molar-refractivity contribution in [3.63, 3.8) is 0 Å². The third-order valence-electron chi connectivity index (χ3n) is 2.00. The minimum Gasteiger partial charge on any atom is -0.400 e. The molecule has 0 aromatic heterocycles. The van der Waals surface area contributed by atoms with Crippen LogP contribution in [0.15, 0.2) is 36.4 Å². The predicted molar refractivity (Wildman–Crippen MR) is 83.6 cm³/mol. The Balaban J connectivity index is 0. The molecule has 0 atom stereocenters. The van der Waals surface area contributed by atoms with Gasteiger partial charge in [-0.2, -0.15) is 0 Å². The Labute approximate surface area is 110 Å². The van der Waals surface area contributed by atoms with Crippen LogP contribution >= 0.6 is 0 Å². The lowest BCUT2D eigenvalue weighted by molar-refractivity contribution is 0.399. The highest BCUT2D eigenvalue weighted by molar-refractivity contribution is 5.98. The summed E-state index contributed by atoms with van der Waals surface area (Å²) in [6.45, 7) is 8.00. The van der Waals surface area contributed by atoms with Crippen LogP contribution in [0.1, 0.15) is 27.7 Å². The van der Waals surface area contributed by atoms with Crippen molar-refractivity contribution < 1.29 is 5.11 Å². The van der Waals surface area contributed by atoms with Gasteiger partial charge in [-0.25, -0.2) is 0 Å². The maximum absolute atomic E-state index is 7.00. The number of aliphatic hydroxyl groups is 1. The Kier molecular flexibility index (Phi) is 12.1. The minimum atomic E-state index is 0.647. The Hall–Kier alpha value is -1.74. The monoisotopic (exact) mass is 250 g/mol. The van der Waals surface area contributed by atoms with Gasteiger partial charge in [0.1, 0.15) is 0 Å². The van der Waals surface area contributed by atoms with Crippen molar-refractivity contribution in [3.05, 3.63) is 36.4 Å². The molecule has 0 aliphatic carbocycles. The molecule has 2 aromatic rings. The van der Waals surface area contributed by atoms with Gasteiger partial charge in [0.2, 0.25) is 0 Å². The van der Waals surface area contributed by atoms with E-state index in [4.69, 9.17) is 16.6 Å². The summed E-state index contributed by atoms with van der Waals surface area (Å²) in [5.74, 6) is 0. The molecule has 0 bridgehead atoms. The topological polar surface area (TPSA) is 72.3 Å². The van der Waals surface area contributed by atoms with Crippen LogP contribution in [0.25, 0.3) is 10.8 Å². The molecule has 0 saturated carbocycles. The predicted octanol–water partition coefficient (Wildman–Crippen LogP) is 3.67. The fourth-order valence-electron chi connectivity index (χ4n) is 1.31. The quantitative estimate of drug-likeness (QED) is 0.625. The molecule has 0 spiro atoms. The zero-order chi connectivity index (χ0) is 14.6. The number of anilines is 2. The van der Waals surface area contributed by atoms with E-state index >= 15 is 0 Å². The smallest absolute Gasteiger partial charge is 0.0627 e. The summed E-state index contributed by atoms with van der Waals surface area (Å²) in [7, 11) is 1.00. The molecule has 102 valence electrons. The molecule has 0 aliphatic heterocycles. The maximum Gasteiger partial charge on any atom is 0.0627 e. The van der Waals surface area contributed by atoms with Crippen LogP contribution < -0.4 is 11.5 Å². The average Bonchev–Trinajstić information content (AvgIpc) is 2.49. The fourth-order valence-corrected chi connectivity index (χ4v) is 1.31. The summed E-state index contributed by atoms with van der Waals surface area (Å²) in [5, 5.41) is 9.15. The van der Waals surface area contributed by atoms with Crippen molar-refractivity contribution in [2.45, 2.75) is 27.7 Å². The van der Waals surface area contributed by atoms with E-state index in [9.17, 15) is 0 Å². The van der Waals surface area contributed by atoms with Crippen LogP contribution in [0.4, 0.5) is 11.4 Å². The van der Waals surface area contributed by atoms with Gasteiger partial charge in [-0.05, 0) is 11.5 Å². The van der Waals surface area contributed by atoms with E-state index < -0.39 is 0 Å². The first-order valence-corrected chi connectivity index (χ1v) is 6.26. The molecule has 0 saturated heterocycles. The van der Waals surface area contributed by atoms with Crippen LogP contribution in [0.3, 0.4) is 0 Å². The first-order chi connectivity index (χ1) is 8.79. The van der Waals surface area contributed by atoms with E-state index in [1.165, 1.54) is 0 Å². The molecule has 0 radical (unpaired) electrons. The molecule has 2 rings (SSSR count). The Bertz CT molecular complexity index is 428. The van der Waals surface area contributed by atoms with Crippen LogP contribution in [0.2, 0.25) is 0 Å². The summed E-state index contributed by atoms with van der Waals surface area (Å²) in [5.41, 5.74) is 12.8. The lowest BCUT2D eigenvalue weighted by Gasteiger charge is -2.03. The zero-order valence-electron chi connectivity index (χ0n) is 12.1. The highest BCUT2D eigenvalue weighted by Crippen LogP contribution is 2.25. The van der Waals surface area contributed by atoms with Crippen LogP contribution in [0.5, 0.6) is 0 Å². The van der Waals surface area contributed by atoms with Gasteiger partial charge in [0, 0.05) is 12.5 Å². The minimum absolute atomic E-state index is 0.647. The number of fused-ring (bicyclic) bond motifs is 1. The first kappa shape index (κ1) is 18.6. The third kappa shape index (κ3) is 5.06.